The van der Waals surface area contributed by atoms with Gasteiger partial charge in [-0.1, -0.05) is 6.92 Å². The maximum absolute atomic E-state index is 11.0. The Morgan fingerprint density at radius 3 is 2.77 bits per heavy atom. The fraction of sp³-hybridized carbons (Fsp3) is 0.444. The van der Waals surface area contributed by atoms with E-state index >= 15 is 0 Å². The Morgan fingerprint density at radius 1 is 1.54 bits per heavy atom. The van der Waals surface area contributed by atoms with Crippen LogP contribution < -0.4 is 5.43 Å². The smallest absolute Gasteiger partial charge is 0.223 e. The molecule has 0 atom stereocenters. The van der Waals surface area contributed by atoms with Crippen molar-refractivity contribution in [3.05, 3.63) is 28.2 Å². The van der Waals surface area contributed by atoms with Crippen LogP contribution in [0.1, 0.15) is 19.0 Å². The first-order valence-electron chi connectivity index (χ1n) is 4.22. The Hall–Kier alpha value is -1.29. The third kappa shape index (κ3) is 2.09. The average molecular weight is 183 g/mol. The highest BCUT2D eigenvalue weighted by Crippen LogP contribution is 2.05. The third-order valence-electron chi connectivity index (χ3n) is 1.82. The molecule has 0 bridgehead atoms. The monoisotopic (exact) mass is 183 g/mol. The maximum Gasteiger partial charge on any atom is 0.223 e. The molecule has 0 saturated carbocycles. The summed E-state index contributed by atoms with van der Waals surface area (Å²) >= 11 is 0. The second-order valence-corrected chi connectivity index (χ2v) is 2.87. The van der Waals surface area contributed by atoms with E-state index in [4.69, 9.17) is 10.2 Å². The van der Waals surface area contributed by atoms with Crippen molar-refractivity contribution in [2.45, 2.75) is 26.5 Å². The second-order valence-electron chi connectivity index (χ2n) is 2.87. The molecule has 13 heavy (non-hydrogen) atoms. The summed E-state index contributed by atoms with van der Waals surface area (Å²) in [5.74, 6) is -0.273. The van der Waals surface area contributed by atoms with Crippen molar-refractivity contribution in [1.29, 1.82) is 0 Å². The zero-order chi connectivity index (χ0) is 9.84. The molecular weight excluding hydrogens is 170 g/mol. The van der Waals surface area contributed by atoms with Gasteiger partial charge in [0, 0.05) is 18.3 Å². The highest BCUT2D eigenvalue weighted by atomic mass is 16.3. The molecule has 1 heterocycles. The lowest BCUT2D eigenvalue weighted by Gasteiger charge is -2.10. The first-order chi connectivity index (χ1) is 6.19. The summed E-state index contributed by atoms with van der Waals surface area (Å²) in [6.45, 7) is 2.48. The molecule has 1 aromatic heterocycles. The number of hydrogen-bond donors (Lipinski definition) is 2. The van der Waals surface area contributed by atoms with Crippen molar-refractivity contribution in [2.75, 3.05) is 0 Å². The van der Waals surface area contributed by atoms with Crippen molar-refractivity contribution in [3.8, 4) is 5.75 Å². The van der Waals surface area contributed by atoms with E-state index in [9.17, 15) is 4.79 Å². The molecule has 4 nitrogen and oxygen atoms in total. The largest absolute Gasteiger partial charge is 0.503 e. The molecule has 0 radical (unpaired) electrons. The van der Waals surface area contributed by atoms with Gasteiger partial charge < -0.3 is 14.8 Å². The predicted octanol–water partition coefficient (Wildman–Crippen LogP) is 0.456. The number of aliphatic hydroxyl groups is 1. The molecule has 1 aromatic rings. The van der Waals surface area contributed by atoms with E-state index < -0.39 is 5.43 Å². The average Bonchev–Trinajstić information content (AvgIpc) is 2.11. The summed E-state index contributed by atoms with van der Waals surface area (Å²) in [6.07, 6.45) is 2.24. The Bertz CT molecular complexity index is 343. The van der Waals surface area contributed by atoms with Gasteiger partial charge in [0.15, 0.2) is 5.75 Å². The summed E-state index contributed by atoms with van der Waals surface area (Å²) in [5.41, 5.74) is 0.0843. The predicted molar refractivity (Wildman–Crippen MR) is 48.6 cm³/mol. The van der Waals surface area contributed by atoms with Gasteiger partial charge in [0.25, 0.3) is 0 Å². The molecule has 4 heteroatoms. The molecule has 0 aromatic carbocycles. The minimum Gasteiger partial charge on any atom is -0.503 e. The number of aryl methyl sites for hydroxylation is 1. The Labute approximate surface area is 76.1 Å². The zero-order valence-corrected chi connectivity index (χ0v) is 7.53. The van der Waals surface area contributed by atoms with E-state index in [2.05, 4.69) is 0 Å². The molecule has 0 aliphatic heterocycles. The summed E-state index contributed by atoms with van der Waals surface area (Å²) in [5, 5.41) is 18.1. The first kappa shape index (κ1) is 9.80. The van der Waals surface area contributed by atoms with Gasteiger partial charge in [-0.3, -0.25) is 4.79 Å². The molecule has 0 unspecified atom stereocenters. The van der Waals surface area contributed by atoms with E-state index in [0.29, 0.717) is 12.2 Å². The summed E-state index contributed by atoms with van der Waals surface area (Å²) in [4.78, 5) is 11.0. The Balaban J connectivity index is 3.16. The number of hydrogen-bond acceptors (Lipinski definition) is 3. The normalized spacial score (nSPS) is 10.3. The highest BCUT2D eigenvalue weighted by molar-refractivity contribution is 5.19. The van der Waals surface area contributed by atoms with E-state index in [0.717, 1.165) is 6.42 Å². The topological polar surface area (TPSA) is 62.5 Å². The molecule has 1 rings (SSSR count). The highest BCUT2D eigenvalue weighted by Gasteiger charge is 2.03. The van der Waals surface area contributed by atoms with Crippen LogP contribution in [0.2, 0.25) is 0 Å². The number of aliphatic hydroxyl groups excluding tert-OH is 1. The van der Waals surface area contributed by atoms with Gasteiger partial charge in [-0.15, -0.1) is 0 Å². The fourth-order valence-electron chi connectivity index (χ4n) is 1.19. The Kier molecular flexibility index (Phi) is 3.08. The van der Waals surface area contributed by atoms with Crippen LogP contribution in [0.3, 0.4) is 0 Å². The van der Waals surface area contributed by atoms with Crippen molar-refractivity contribution >= 4 is 0 Å². The quantitative estimate of drug-likeness (QED) is 0.715. The van der Waals surface area contributed by atoms with E-state index in [1.54, 1.807) is 4.57 Å². The van der Waals surface area contributed by atoms with Crippen molar-refractivity contribution in [2.24, 2.45) is 0 Å². The molecule has 2 N–H and O–H groups in total. The molecule has 0 fully saturated rings. The van der Waals surface area contributed by atoms with Gasteiger partial charge in [-0.05, 0) is 6.42 Å². The fourth-order valence-corrected chi connectivity index (χ4v) is 1.19. The van der Waals surface area contributed by atoms with Gasteiger partial charge in [0.1, 0.15) is 0 Å². The van der Waals surface area contributed by atoms with Crippen LogP contribution in [0.5, 0.6) is 5.75 Å². The number of aromatic nitrogens is 1. The van der Waals surface area contributed by atoms with E-state index in [1.165, 1.54) is 12.3 Å². The first-order valence-corrected chi connectivity index (χ1v) is 4.22. The van der Waals surface area contributed by atoms with Gasteiger partial charge in [0.2, 0.25) is 5.43 Å². The summed E-state index contributed by atoms with van der Waals surface area (Å²) < 4.78 is 1.68. The van der Waals surface area contributed by atoms with Gasteiger partial charge >= 0.3 is 0 Å². The number of rotatable bonds is 3. The third-order valence-corrected chi connectivity index (χ3v) is 1.82. The van der Waals surface area contributed by atoms with Crippen LogP contribution in [-0.4, -0.2) is 14.8 Å². The lowest BCUT2D eigenvalue weighted by atomic mass is 10.3. The van der Waals surface area contributed by atoms with Crippen LogP contribution in [0.25, 0.3) is 0 Å². The summed E-state index contributed by atoms with van der Waals surface area (Å²) in [6, 6.07) is 1.25. The van der Waals surface area contributed by atoms with Crippen LogP contribution in [-0.2, 0) is 13.2 Å². The van der Waals surface area contributed by atoms with Gasteiger partial charge in [0.05, 0.1) is 12.8 Å². The van der Waals surface area contributed by atoms with E-state index in [1.807, 2.05) is 6.92 Å². The molecule has 72 valence electrons. The minimum atomic E-state index is -0.448. The second kappa shape index (κ2) is 4.09. The van der Waals surface area contributed by atoms with Crippen molar-refractivity contribution < 1.29 is 10.2 Å². The van der Waals surface area contributed by atoms with Crippen LogP contribution >= 0.6 is 0 Å². The molecule has 0 saturated heterocycles. The van der Waals surface area contributed by atoms with E-state index in [-0.39, 0.29) is 12.4 Å². The van der Waals surface area contributed by atoms with Crippen molar-refractivity contribution in [1.82, 2.24) is 4.57 Å². The summed E-state index contributed by atoms with van der Waals surface area (Å²) in [7, 11) is 0. The number of aromatic hydroxyl groups is 1. The lowest BCUT2D eigenvalue weighted by Crippen LogP contribution is -2.12. The lowest BCUT2D eigenvalue weighted by molar-refractivity contribution is 0.268. The molecule has 0 amide bonds. The molecule has 0 aliphatic carbocycles. The van der Waals surface area contributed by atoms with Gasteiger partial charge in [-0.2, -0.15) is 0 Å². The SMILES string of the molecule is CCCn1cc(O)c(=O)cc1CO. The number of pyridine rings is 1. The molecule has 0 spiro atoms. The Morgan fingerprint density at radius 2 is 2.23 bits per heavy atom. The standard InChI is InChI=1S/C9H13NO3/c1-2-3-10-5-9(13)8(12)4-7(10)6-11/h4-5,11,13H,2-3,6H2,1H3. The van der Waals surface area contributed by atoms with Crippen LogP contribution in [0.4, 0.5) is 0 Å². The molecular formula is C9H13NO3. The number of nitrogens with zero attached hydrogens (tertiary/aromatic N) is 1. The maximum atomic E-state index is 11.0. The molecule has 0 aliphatic rings. The van der Waals surface area contributed by atoms with Gasteiger partial charge in [-0.25, -0.2) is 0 Å². The zero-order valence-electron chi connectivity index (χ0n) is 7.53. The van der Waals surface area contributed by atoms with Crippen molar-refractivity contribution in [3.63, 3.8) is 0 Å². The minimum absolute atomic E-state index is 0.185. The van der Waals surface area contributed by atoms with Crippen LogP contribution in [0, 0.1) is 0 Å². The van der Waals surface area contributed by atoms with Crippen LogP contribution in [0.15, 0.2) is 17.1 Å².